The number of methoxy groups -OCH3 is 1. The summed E-state index contributed by atoms with van der Waals surface area (Å²) in [7, 11) is -7.90. The molecule has 1 unspecified atom stereocenters. The molecular weight excluding hydrogens is 335 g/mol. The largest absolute Gasteiger partial charge is 0.497 e. The number of ether oxygens (including phenoxy) is 1. The van der Waals surface area contributed by atoms with E-state index in [0.29, 0.717) is 25.0 Å². The van der Waals surface area contributed by atoms with E-state index in [0.717, 1.165) is 5.56 Å². The molecule has 0 aliphatic heterocycles. The number of hydrogen-bond acceptors (Lipinski definition) is 1. The molecule has 0 saturated carbocycles. The Balaban J connectivity index is 2.63. The van der Waals surface area contributed by atoms with Crippen LogP contribution in [0.3, 0.4) is 0 Å². The van der Waals surface area contributed by atoms with E-state index in [1.807, 2.05) is 6.92 Å². The van der Waals surface area contributed by atoms with Crippen LogP contribution in [-0.4, -0.2) is 12.4 Å². The molecule has 136 valence electrons. The first-order valence-electron chi connectivity index (χ1n) is 7.82. The Labute approximate surface area is 134 Å². The summed E-state index contributed by atoms with van der Waals surface area (Å²) < 4.78 is 70.6. The Hall–Kier alpha value is -0.980. The van der Waals surface area contributed by atoms with Gasteiger partial charge >= 0.3 is 0 Å². The summed E-state index contributed by atoms with van der Waals surface area (Å²) in [6.45, 7) is 1.83. The summed E-state index contributed by atoms with van der Waals surface area (Å²) in [5, 5.41) is -2.47. The maximum absolute atomic E-state index is 13.1. The molecular formula is C16H25F5OS. The zero-order chi connectivity index (χ0) is 17.6. The Morgan fingerprint density at radius 3 is 1.96 bits per heavy atom. The smallest absolute Gasteiger partial charge is 0.288 e. The second-order valence-corrected chi connectivity index (χ2v) is 8.61. The van der Waals surface area contributed by atoms with Crippen molar-refractivity contribution in [2.24, 2.45) is 0 Å². The summed E-state index contributed by atoms with van der Waals surface area (Å²) >= 11 is 0. The molecule has 0 aromatic heterocycles. The highest BCUT2D eigenvalue weighted by Crippen LogP contribution is 3.01. The van der Waals surface area contributed by atoms with Crippen LogP contribution in [0.2, 0.25) is 0 Å². The lowest BCUT2D eigenvalue weighted by Gasteiger charge is -2.47. The van der Waals surface area contributed by atoms with Crippen LogP contribution in [-0.2, 0) is 6.42 Å². The highest BCUT2D eigenvalue weighted by Gasteiger charge is 2.68. The van der Waals surface area contributed by atoms with E-state index in [9.17, 15) is 19.4 Å². The lowest BCUT2D eigenvalue weighted by molar-refractivity contribution is 0.327. The summed E-state index contributed by atoms with van der Waals surface area (Å²) in [5.41, 5.74) is 0.820. The standard InChI is InChI=1S/C16H25F5OS/c1-3-4-5-8-16(23(17,18,19,20)21)9-6-7-14-10-12-15(22-2)13-11-14/h10-13,16H,3-9H2,1-2H3. The molecule has 23 heavy (non-hydrogen) atoms. The van der Waals surface area contributed by atoms with Crippen molar-refractivity contribution in [3.8, 4) is 5.75 Å². The Kier molecular flexibility index (Phi) is 5.99. The Bertz CT molecular complexity index is 483. The molecule has 1 rings (SSSR count). The van der Waals surface area contributed by atoms with Crippen LogP contribution in [0.15, 0.2) is 24.3 Å². The van der Waals surface area contributed by atoms with E-state index in [2.05, 4.69) is 0 Å². The van der Waals surface area contributed by atoms with E-state index >= 15 is 0 Å². The van der Waals surface area contributed by atoms with Crippen LogP contribution in [0, 0.1) is 0 Å². The van der Waals surface area contributed by atoms with E-state index in [-0.39, 0.29) is 12.8 Å². The fraction of sp³-hybridized carbons (Fsp3) is 0.625. The fourth-order valence-electron chi connectivity index (χ4n) is 2.54. The van der Waals surface area contributed by atoms with Crippen molar-refractivity contribution in [1.29, 1.82) is 0 Å². The van der Waals surface area contributed by atoms with Gasteiger partial charge in [0, 0.05) is 0 Å². The first-order valence-corrected chi connectivity index (χ1v) is 9.83. The predicted octanol–water partition coefficient (Wildman–Crippen LogP) is 7.27. The van der Waals surface area contributed by atoms with Gasteiger partial charge in [-0.2, -0.15) is 0 Å². The first-order chi connectivity index (χ1) is 10.5. The topological polar surface area (TPSA) is 9.23 Å². The van der Waals surface area contributed by atoms with Gasteiger partial charge in [0.15, 0.2) is 0 Å². The minimum Gasteiger partial charge on any atom is -0.497 e. The van der Waals surface area contributed by atoms with Crippen molar-refractivity contribution in [3.05, 3.63) is 29.8 Å². The molecule has 1 atom stereocenters. The molecule has 1 nitrogen and oxygen atoms in total. The van der Waals surface area contributed by atoms with Crippen LogP contribution in [0.25, 0.3) is 0 Å². The van der Waals surface area contributed by atoms with Gasteiger partial charge in [-0.3, -0.25) is 0 Å². The molecule has 1 aromatic rings. The van der Waals surface area contributed by atoms with Crippen LogP contribution in [0.5, 0.6) is 5.75 Å². The molecule has 0 N–H and O–H groups in total. The third-order valence-corrected chi connectivity index (χ3v) is 5.64. The number of benzene rings is 1. The molecule has 0 amide bonds. The molecule has 0 aliphatic carbocycles. The van der Waals surface area contributed by atoms with Crippen molar-refractivity contribution >= 4 is 10.2 Å². The average molecular weight is 360 g/mol. The molecule has 0 saturated heterocycles. The number of aryl methyl sites for hydroxylation is 1. The van der Waals surface area contributed by atoms with Crippen molar-refractivity contribution in [1.82, 2.24) is 0 Å². The minimum atomic E-state index is -9.42. The molecule has 0 spiro atoms. The number of rotatable bonds is 10. The summed E-state index contributed by atoms with van der Waals surface area (Å²) in [6.07, 6.45) is 0.885. The molecule has 0 fully saturated rings. The molecule has 1 aromatic carbocycles. The quantitative estimate of drug-likeness (QED) is 0.315. The Morgan fingerprint density at radius 2 is 1.48 bits per heavy atom. The maximum atomic E-state index is 13.1. The van der Waals surface area contributed by atoms with E-state index in [1.165, 1.54) is 7.11 Å². The fourth-order valence-corrected chi connectivity index (χ4v) is 3.76. The third-order valence-electron chi connectivity index (χ3n) is 3.91. The summed E-state index contributed by atoms with van der Waals surface area (Å²) in [4.78, 5) is 0. The van der Waals surface area contributed by atoms with Gasteiger partial charge in [0.05, 0.1) is 12.4 Å². The van der Waals surface area contributed by atoms with Crippen molar-refractivity contribution in [3.63, 3.8) is 0 Å². The zero-order valence-corrected chi connectivity index (χ0v) is 14.4. The van der Waals surface area contributed by atoms with Gasteiger partial charge in [-0.15, -0.1) is 0 Å². The SMILES string of the molecule is CCCCCC(CCCc1ccc(OC)cc1)S(F)(F)(F)(F)F. The first kappa shape index (κ1) is 20.1. The van der Waals surface area contributed by atoms with Gasteiger partial charge < -0.3 is 4.74 Å². The normalized spacial score (nSPS) is 16.5. The second-order valence-electron chi connectivity index (χ2n) is 5.89. The highest BCUT2D eigenvalue weighted by molar-refractivity contribution is 8.46. The van der Waals surface area contributed by atoms with Crippen LogP contribution in [0.4, 0.5) is 19.4 Å². The van der Waals surface area contributed by atoms with Crippen LogP contribution in [0.1, 0.15) is 51.0 Å². The zero-order valence-electron chi connectivity index (χ0n) is 13.5. The minimum absolute atomic E-state index is 0.0920. The summed E-state index contributed by atoms with van der Waals surface area (Å²) in [6, 6.07) is 6.90. The van der Waals surface area contributed by atoms with Gasteiger partial charge in [0.2, 0.25) is 0 Å². The van der Waals surface area contributed by atoms with E-state index in [4.69, 9.17) is 4.74 Å². The number of unbranched alkanes of at least 4 members (excludes halogenated alkanes) is 2. The monoisotopic (exact) mass is 360 g/mol. The number of hydrogen-bond donors (Lipinski definition) is 0. The van der Waals surface area contributed by atoms with Gasteiger partial charge in [-0.05, 0) is 43.4 Å². The third kappa shape index (κ3) is 7.42. The molecule has 7 heteroatoms. The van der Waals surface area contributed by atoms with E-state index < -0.39 is 28.3 Å². The van der Waals surface area contributed by atoms with Crippen LogP contribution >= 0.6 is 10.2 Å². The highest BCUT2D eigenvalue weighted by atomic mass is 32.5. The molecule has 0 radical (unpaired) electrons. The molecule has 0 bridgehead atoms. The van der Waals surface area contributed by atoms with Gasteiger partial charge in [0.25, 0.3) is 10.2 Å². The lowest BCUT2D eigenvalue weighted by atomic mass is 10.0. The molecule has 0 aliphatic rings. The molecule has 0 heterocycles. The maximum Gasteiger partial charge on any atom is 0.288 e. The second kappa shape index (κ2) is 6.87. The van der Waals surface area contributed by atoms with Crippen molar-refractivity contribution in [2.45, 2.75) is 57.1 Å². The predicted molar refractivity (Wildman–Crippen MR) is 87.0 cm³/mol. The average Bonchev–Trinajstić information content (AvgIpc) is 2.44. The van der Waals surface area contributed by atoms with Gasteiger partial charge in [-0.1, -0.05) is 57.7 Å². The lowest BCUT2D eigenvalue weighted by Crippen LogP contribution is -2.25. The van der Waals surface area contributed by atoms with Crippen molar-refractivity contribution in [2.75, 3.05) is 7.11 Å². The Morgan fingerprint density at radius 1 is 0.913 bits per heavy atom. The summed E-state index contributed by atoms with van der Waals surface area (Å²) in [5.74, 6) is 0.651. The van der Waals surface area contributed by atoms with Crippen LogP contribution < -0.4 is 4.74 Å². The van der Waals surface area contributed by atoms with Gasteiger partial charge in [-0.25, -0.2) is 0 Å². The van der Waals surface area contributed by atoms with Gasteiger partial charge in [0.1, 0.15) is 5.75 Å². The number of halogens is 5. The van der Waals surface area contributed by atoms with Crippen molar-refractivity contribution < 1.29 is 24.2 Å². The van der Waals surface area contributed by atoms with E-state index in [1.54, 1.807) is 24.3 Å².